The van der Waals surface area contributed by atoms with Gasteiger partial charge in [0, 0.05) is 12.6 Å². The van der Waals surface area contributed by atoms with Crippen LogP contribution in [-0.2, 0) is 9.59 Å². The Labute approximate surface area is 156 Å². The number of halogens is 1. The van der Waals surface area contributed by atoms with Crippen molar-refractivity contribution in [2.45, 2.75) is 64.5 Å². The van der Waals surface area contributed by atoms with E-state index in [0.717, 1.165) is 30.7 Å². The van der Waals surface area contributed by atoms with Gasteiger partial charge in [0.1, 0.15) is 12.1 Å². The molecule has 1 saturated carbocycles. The molecule has 1 saturated heterocycles. The van der Waals surface area contributed by atoms with Gasteiger partial charge in [0.05, 0.1) is 0 Å². The summed E-state index contributed by atoms with van der Waals surface area (Å²) in [5.74, 6) is 0.0877. The van der Waals surface area contributed by atoms with Gasteiger partial charge in [0.25, 0.3) is 5.91 Å². The molecule has 1 heterocycles. The monoisotopic (exact) mass is 374 g/mol. The van der Waals surface area contributed by atoms with E-state index >= 15 is 0 Å². The minimum atomic E-state index is -0.778. The Bertz CT molecular complexity index is 492. The highest BCUT2D eigenvalue weighted by atomic mass is 35.5. The predicted molar refractivity (Wildman–Crippen MR) is 98.6 cm³/mol. The fourth-order valence-corrected chi connectivity index (χ4v) is 3.62. The molecular weight excluding hydrogens is 344 g/mol. The maximum Gasteiger partial charge on any atom is 0.325 e. The van der Waals surface area contributed by atoms with Gasteiger partial charge < -0.3 is 16.0 Å². The van der Waals surface area contributed by atoms with E-state index in [0.29, 0.717) is 25.3 Å². The van der Waals surface area contributed by atoms with Gasteiger partial charge in [-0.15, -0.1) is 12.4 Å². The van der Waals surface area contributed by atoms with Crippen LogP contribution >= 0.6 is 12.4 Å². The number of likely N-dealkylation sites (N-methyl/N-ethyl adjacent to an activating group) is 1. The number of urea groups is 1. The molecule has 0 aromatic carbocycles. The SMILES string of the molecule is CCN[C@H](C)CNC(=O)CN1C(=O)NC2(CCC(CC)CC2)C1=O.Cl. The number of rotatable bonds is 7. The van der Waals surface area contributed by atoms with Crippen LogP contribution in [-0.4, -0.2) is 54.0 Å². The number of hydrogen-bond acceptors (Lipinski definition) is 4. The topological polar surface area (TPSA) is 90.5 Å². The maximum absolute atomic E-state index is 12.7. The second-order valence-corrected chi connectivity index (χ2v) is 7.02. The van der Waals surface area contributed by atoms with Gasteiger partial charge in [-0.3, -0.25) is 14.5 Å². The van der Waals surface area contributed by atoms with Crippen LogP contribution in [0, 0.1) is 5.92 Å². The maximum atomic E-state index is 12.7. The molecule has 3 N–H and O–H groups in total. The van der Waals surface area contributed by atoms with Gasteiger partial charge in [0.2, 0.25) is 5.91 Å². The molecule has 2 fully saturated rings. The van der Waals surface area contributed by atoms with Crippen molar-refractivity contribution < 1.29 is 14.4 Å². The highest BCUT2D eigenvalue weighted by molar-refractivity contribution is 6.09. The smallest absolute Gasteiger partial charge is 0.325 e. The Balaban J connectivity index is 0.00000312. The molecule has 0 radical (unpaired) electrons. The lowest BCUT2D eigenvalue weighted by atomic mass is 9.75. The molecule has 0 aromatic rings. The Morgan fingerprint density at radius 2 is 1.96 bits per heavy atom. The predicted octanol–water partition coefficient (Wildman–Crippen LogP) is 1.41. The number of hydrogen-bond donors (Lipinski definition) is 3. The Morgan fingerprint density at radius 1 is 1.32 bits per heavy atom. The Hall–Kier alpha value is -1.34. The molecule has 2 aliphatic rings. The molecule has 8 heteroatoms. The van der Waals surface area contributed by atoms with Crippen LogP contribution in [0.5, 0.6) is 0 Å². The average Bonchev–Trinajstić information content (AvgIpc) is 2.78. The van der Waals surface area contributed by atoms with Crippen molar-refractivity contribution in [1.29, 1.82) is 0 Å². The van der Waals surface area contributed by atoms with Crippen LogP contribution in [0.25, 0.3) is 0 Å². The van der Waals surface area contributed by atoms with E-state index in [4.69, 9.17) is 0 Å². The third-order valence-corrected chi connectivity index (χ3v) is 5.24. The Kier molecular flexibility index (Phi) is 8.15. The summed E-state index contributed by atoms with van der Waals surface area (Å²) in [5.41, 5.74) is -0.778. The third-order valence-electron chi connectivity index (χ3n) is 5.24. The molecule has 25 heavy (non-hydrogen) atoms. The Morgan fingerprint density at radius 3 is 2.52 bits per heavy atom. The zero-order valence-corrected chi connectivity index (χ0v) is 16.2. The van der Waals surface area contributed by atoms with Crippen molar-refractivity contribution >= 4 is 30.3 Å². The van der Waals surface area contributed by atoms with E-state index in [2.05, 4.69) is 22.9 Å². The number of nitrogens with one attached hydrogen (secondary N) is 3. The van der Waals surface area contributed by atoms with Gasteiger partial charge >= 0.3 is 6.03 Å². The first-order valence-electron chi connectivity index (χ1n) is 9.06. The van der Waals surface area contributed by atoms with Gasteiger partial charge in [0.15, 0.2) is 0 Å². The second-order valence-electron chi connectivity index (χ2n) is 7.02. The fraction of sp³-hybridized carbons (Fsp3) is 0.824. The summed E-state index contributed by atoms with van der Waals surface area (Å²) < 4.78 is 0. The molecule has 2 rings (SSSR count). The summed E-state index contributed by atoms with van der Waals surface area (Å²) in [6.07, 6.45) is 4.34. The van der Waals surface area contributed by atoms with Crippen molar-refractivity contribution in [1.82, 2.24) is 20.9 Å². The van der Waals surface area contributed by atoms with E-state index in [9.17, 15) is 14.4 Å². The largest absolute Gasteiger partial charge is 0.353 e. The van der Waals surface area contributed by atoms with E-state index in [1.165, 1.54) is 0 Å². The van der Waals surface area contributed by atoms with Crippen LogP contribution < -0.4 is 16.0 Å². The van der Waals surface area contributed by atoms with Crippen LogP contribution in [0.4, 0.5) is 4.79 Å². The summed E-state index contributed by atoms with van der Waals surface area (Å²) >= 11 is 0. The molecule has 4 amide bonds. The molecule has 0 bridgehead atoms. The van der Waals surface area contributed by atoms with E-state index < -0.39 is 11.6 Å². The molecule has 1 aliphatic heterocycles. The normalized spacial score (nSPS) is 27.0. The molecule has 144 valence electrons. The number of imide groups is 1. The standard InChI is InChI=1S/C17H30N4O3.ClH/c1-4-13-6-8-17(9-7-13)15(23)21(16(24)20-17)11-14(22)19-10-12(3)18-5-2;/h12-13,18H,4-11H2,1-3H3,(H,19,22)(H,20,24);1H/t12-,13?,17?;/m1./s1. The average molecular weight is 375 g/mol. The number of amides is 4. The molecule has 0 unspecified atom stereocenters. The summed E-state index contributed by atoms with van der Waals surface area (Å²) in [6.45, 7) is 7.22. The van der Waals surface area contributed by atoms with Crippen LogP contribution in [0.1, 0.15) is 52.9 Å². The molecule has 1 aliphatic carbocycles. The van der Waals surface area contributed by atoms with Gasteiger partial charge in [-0.2, -0.15) is 0 Å². The van der Waals surface area contributed by atoms with Gasteiger partial charge in [-0.25, -0.2) is 4.79 Å². The van der Waals surface area contributed by atoms with Crippen LogP contribution in [0.3, 0.4) is 0 Å². The van der Waals surface area contributed by atoms with Crippen molar-refractivity contribution in [3.8, 4) is 0 Å². The number of carbonyl (C=O) groups excluding carboxylic acids is 3. The molecular formula is C17H31ClN4O3. The number of carbonyl (C=O) groups is 3. The molecule has 1 atom stereocenters. The quantitative estimate of drug-likeness (QED) is 0.588. The van der Waals surface area contributed by atoms with Crippen molar-refractivity contribution in [3.63, 3.8) is 0 Å². The van der Waals surface area contributed by atoms with E-state index in [1.807, 2.05) is 13.8 Å². The zero-order valence-electron chi connectivity index (χ0n) is 15.4. The highest BCUT2D eigenvalue weighted by Crippen LogP contribution is 2.37. The summed E-state index contributed by atoms with van der Waals surface area (Å²) in [5, 5.41) is 8.81. The molecule has 0 aromatic heterocycles. The summed E-state index contributed by atoms with van der Waals surface area (Å²) in [7, 11) is 0. The van der Waals surface area contributed by atoms with Gasteiger partial charge in [-0.05, 0) is 45.1 Å². The fourth-order valence-electron chi connectivity index (χ4n) is 3.62. The highest BCUT2D eigenvalue weighted by Gasteiger charge is 2.52. The lowest BCUT2D eigenvalue weighted by molar-refractivity contribution is -0.136. The van der Waals surface area contributed by atoms with Crippen molar-refractivity contribution in [2.24, 2.45) is 5.92 Å². The lowest BCUT2D eigenvalue weighted by Crippen LogP contribution is -2.50. The van der Waals surface area contributed by atoms with Crippen molar-refractivity contribution in [2.75, 3.05) is 19.6 Å². The molecule has 7 nitrogen and oxygen atoms in total. The van der Waals surface area contributed by atoms with Gasteiger partial charge in [-0.1, -0.05) is 20.3 Å². The van der Waals surface area contributed by atoms with E-state index in [1.54, 1.807) is 0 Å². The number of nitrogens with zero attached hydrogens (tertiary/aromatic N) is 1. The first kappa shape index (κ1) is 21.7. The van der Waals surface area contributed by atoms with Crippen LogP contribution in [0.2, 0.25) is 0 Å². The summed E-state index contributed by atoms with van der Waals surface area (Å²) in [6, 6.07) is -0.289. The lowest BCUT2D eigenvalue weighted by Gasteiger charge is -2.34. The van der Waals surface area contributed by atoms with Crippen LogP contribution in [0.15, 0.2) is 0 Å². The summed E-state index contributed by atoms with van der Waals surface area (Å²) in [4.78, 5) is 38.0. The molecule has 1 spiro atoms. The first-order chi connectivity index (χ1) is 11.4. The second kappa shape index (κ2) is 9.38. The van der Waals surface area contributed by atoms with E-state index in [-0.39, 0.29) is 36.8 Å². The first-order valence-corrected chi connectivity index (χ1v) is 9.06. The van der Waals surface area contributed by atoms with Crippen molar-refractivity contribution in [3.05, 3.63) is 0 Å². The zero-order chi connectivity index (χ0) is 17.7. The minimum Gasteiger partial charge on any atom is -0.353 e. The third kappa shape index (κ3) is 5.07. The minimum absolute atomic E-state index is 0.